The summed E-state index contributed by atoms with van der Waals surface area (Å²) in [5.74, 6) is -0.279. The zero-order valence-corrected chi connectivity index (χ0v) is 8.85. The van der Waals surface area contributed by atoms with E-state index in [0.717, 1.165) is 11.1 Å². The Bertz CT molecular complexity index is 418. The van der Waals surface area contributed by atoms with Crippen LogP contribution in [0.4, 0.5) is 0 Å². The average molecular weight is 208 g/mol. The van der Waals surface area contributed by atoms with Crippen LogP contribution in [0.15, 0.2) is 12.1 Å². The van der Waals surface area contributed by atoms with Crippen molar-refractivity contribution in [2.45, 2.75) is 13.8 Å². The van der Waals surface area contributed by atoms with Gasteiger partial charge in [-0.05, 0) is 31.0 Å². The second-order valence-corrected chi connectivity index (χ2v) is 3.44. The quantitative estimate of drug-likeness (QED) is 0.553. The highest BCUT2D eigenvalue weighted by atomic mass is 35.5. The summed E-state index contributed by atoms with van der Waals surface area (Å²) in [6.45, 7) is 3.70. The Kier molecular flexibility index (Phi) is 3.27. The average Bonchev–Trinajstić information content (AvgIpc) is 2.15. The van der Waals surface area contributed by atoms with Crippen LogP contribution in [-0.4, -0.2) is 11.7 Å². The van der Waals surface area contributed by atoms with Crippen molar-refractivity contribution in [1.29, 1.82) is 5.26 Å². The molecule has 0 saturated heterocycles. The third-order valence-electron chi connectivity index (χ3n) is 2.00. The molecular formula is C11H10ClNO. The molecule has 14 heavy (non-hydrogen) atoms. The molecule has 1 aromatic rings. The molecule has 72 valence electrons. The molecule has 0 spiro atoms. The van der Waals surface area contributed by atoms with Gasteiger partial charge in [0, 0.05) is 5.56 Å². The maximum atomic E-state index is 11.4. The standard InChI is InChI=1S/C11H10ClNO/c1-7-3-8(2)11(10(14)5-12)9(4-7)6-13/h3-4H,5H2,1-2H3. The number of halogens is 1. The summed E-state index contributed by atoms with van der Waals surface area (Å²) in [4.78, 5) is 11.4. The van der Waals surface area contributed by atoms with Gasteiger partial charge in [-0.15, -0.1) is 11.6 Å². The van der Waals surface area contributed by atoms with Crippen LogP contribution in [0.3, 0.4) is 0 Å². The molecule has 1 rings (SSSR count). The molecule has 0 aliphatic carbocycles. The predicted molar refractivity (Wildman–Crippen MR) is 55.7 cm³/mol. The van der Waals surface area contributed by atoms with Crippen molar-refractivity contribution in [3.8, 4) is 6.07 Å². The first-order valence-corrected chi connectivity index (χ1v) is 4.74. The molecule has 0 atom stereocenters. The first kappa shape index (κ1) is 10.7. The minimum absolute atomic E-state index is 0.0847. The second-order valence-electron chi connectivity index (χ2n) is 3.17. The first-order chi connectivity index (χ1) is 6.60. The normalized spacial score (nSPS) is 9.57. The van der Waals surface area contributed by atoms with E-state index < -0.39 is 0 Å². The Morgan fingerprint density at radius 1 is 1.50 bits per heavy atom. The van der Waals surface area contributed by atoms with Crippen molar-refractivity contribution in [1.82, 2.24) is 0 Å². The van der Waals surface area contributed by atoms with E-state index in [4.69, 9.17) is 16.9 Å². The summed E-state index contributed by atoms with van der Waals surface area (Å²) < 4.78 is 0. The minimum atomic E-state index is -0.194. The van der Waals surface area contributed by atoms with Crippen LogP contribution < -0.4 is 0 Å². The van der Waals surface area contributed by atoms with Gasteiger partial charge >= 0.3 is 0 Å². The van der Waals surface area contributed by atoms with Gasteiger partial charge in [-0.2, -0.15) is 5.26 Å². The molecule has 0 aromatic heterocycles. The number of nitriles is 1. The monoisotopic (exact) mass is 207 g/mol. The van der Waals surface area contributed by atoms with E-state index in [-0.39, 0.29) is 11.7 Å². The molecule has 0 N–H and O–H groups in total. The van der Waals surface area contributed by atoms with E-state index in [1.54, 1.807) is 6.07 Å². The molecule has 0 radical (unpaired) electrons. The second kappa shape index (κ2) is 4.26. The van der Waals surface area contributed by atoms with Gasteiger partial charge in [-0.3, -0.25) is 4.79 Å². The van der Waals surface area contributed by atoms with Crippen molar-refractivity contribution < 1.29 is 4.79 Å². The molecular weight excluding hydrogens is 198 g/mol. The summed E-state index contributed by atoms with van der Waals surface area (Å²) in [5, 5.41) is 8.87. The van der Waals surface area contributed by atoms with Crippen LogP contribution in [0.25, 0.3) is 0 Å². The Morgan fingerprint density at radius 3 is 2.64 bits per heavy atom. The highest BCUT2D eigenvalue weighted by molar-refractivity contribution is 6.31. The Morgan fingerprint density at radius 2 is 2.14 bits per heavy atom. The van der Waals surface area contributed by atoms with Crippen LogP contribution in [0.2, 0.25) is 0 Å². The van der Waals surface area contributed by atoms with Crippen LogP contribution in [0.5, 0.6) is 0 Å². The van der Waals surface area contributed by atoms with Crippen LogP contribution in [0.1, 0.15) is 27.0 Å². The minimum Gasteiger partial charge on any atom is -0.293 e. The van der Waals surface area contributed by atoms with Gasteiger partial charge in [0.2, 0.25) is 0 Å². The predicted octanol–water partition coefficient (Wildman–Crippen LogP) is 2.60. The van der Waals surface area contributed by atoms with Crippen LogP contribution in [-0.2, 0) is 0 Å². The summed E-state index contributed by atoms with van der Waals surface area (Å²) in [6.07, 6.45) is 0. The fraction of sp³-hybridized carbons (Fsp3) is 0.273. The SMILES string of the molecule is Cc1cc(C)c(C(=O)CCl)c(C#N)c1. The number of aryl methyl sites for hydroxylation is 2. The van der Waals surface area contributed by atoms with Crippen molar-refractivity contribution in [3.63, 3.8) is 0 Å². The zero-order chi connectivity index (χ0) is 10.7. The van der Waals surface area contributed by atoms with E-state index in [0.29, 0.717) is 11.1 Å². The van der Waals surface area contributed by atoms with Gasteiger partial charge < -0.3 is 0 Å². The number of hydrogen-bond donors (Lipinski definition) is 0. The Labute approximate surface area is 88.1 Å². The fourth-order valence-electron chi connectivity index (χ4n) is 1.49. The number of alkyl halides is 1. The Hall–Kier alpha value is -1.33. The molecule has 2 nitrogen and oxygen atoms in total. The number of ketones is 1. The number of carbonyl (C=O) groups excluding carboxylic acids is 1. The smallest absolute Gasteiger partial charge is 0.179 e. The maximum Gasteiger partial charge on any atom is 0.179 e. The summed E-state index contributed by atoms with van der Waals surface area (Å²) >= 11 is 5.47. The van der Waals surface area contributed by atoms with Crippen molar-refractivity contribution in [3.05, 3.63) is 34.4 Å². The lowest BCUT2D eigenvalue weighted by Crippen LogP contribution is -2.06. The molecule has 0 amide bonds. The summed E-state index contributed by atoms with van der Waals surface area (Å²) in [7, 11) is 0. The number of nitrogens with zero attached hydrogens (tertiary/aromatic N) is 1. The van der Waals surface area contributed by atoms with Gasteiger partial charge in [-0.25, -0.2) is 0 Å². The third kappa shape index (κ3) is 1.94. The van der Waals surface area contributed by atoms with Gasteiger partial charge in [0.05, 0.1) is 17.5 Å². The van der Waals surface area contributed by atoms with Crippen molar-refractivity contribution in [2.24, 2.45) is 0 Å². The zero-order valence-electron chi connectivity index (χ0n) is 8.10. The molecule has 0 fully saturated rings. The molecule has 0 saturated carbocycles. The van der Waals surface area contributed by atoms with Gasteiger partial charge in [-0.1, -0.05) is 6.07 Å². The first-order valence-electron chi connectivity index (χ1n) is 4.20. The number of benzene rings is 1. The topological polar surface area (TPSA) is 40.9 Å². The van der Waals surface area contributed by atoms with Crippen LogP contribution in [0, 0.1) is 25.2 Å². The highest BCUT2D eigenvalue weighted by Gasteiger charge is 2.13. The molecule has 0 bridgehead atoms. The molecule has 0 aliphatic heterocycles. The summed E-state index contributed by atoms with van der Waals surface area (Å²) in [6, 6.07) is 5.59. The number of rotatable bonds is 2. The largest absolute Gasteiger partial charge is 0.293 e. The van der Waals surface area contributed by atoms with Crippen molar-refractivity contribution in [2.75, 3.05) is 5.88 Å². The molecule has 0 unspecified atom stereocenters. The van der Waals surface area contributed by atoms with Crippen molar-refractivity contribution >= 4 is 17.4 Å². The lowest BCUT2D eigenvalue weighted by atomic mass is 9.97. The number of carbonyl (C=O) groups is 1. The fourth-order valence-corrected chi connectivity index (χ4v) is 1.63. The molecule has 1 aromatic carbocycles. The molecule has 3 heteroatoms. The highest BCUT2D eigenvalue weighted by Crippen LogP contribution is 2.17. The van der Waals surface area contributed by atoms with Gasteiger partial charge in [0.15, 0.2) is 5.78 Å². The van der Waals surface area contributed by atoms with Gasteiger partial charge in [0.25, 0.3) is 0 Å². The Balaban J connectivity index is 3.42. The summed E-state index contributed by atoms with van der Waals surface area (Å²) in [5.41, 5.74) is 2.65. The lowest BCUT2D eigenvalue weighted by molar-refractivity contribution is 0.102. The van der Waals surface area contributed by atoms with E-state index in [9.17, 15) is 4.79 Å². The third-order valence-corrected chi connectivity index (χ3v) is 2.24. The molecule has 0 heterocycles. The van der Waals surface area contributed by atoms with E-state index >= 15 is 0 Å². The lowest BCUT2D eigenvalue weighted by Gasteiger charge is -2.06. The van der Waals surface area contributed by atoms with E-state index in [1.807, 2.05) is 26.0 Å². The van der Waals surface area contributed by atoms with Crippen LogP contribution >= 0.6 is 11.6 Å². The van der Waals surface area contributed by atoms with E-state index in [2.05, 4.69) is 0 Å². The molecule has 0 aliphatic rings. The van der Waals surface area contributed by atoms with E-state index in [1.165, 1.54) is 0 Å². The van der Waals surface area contributed by atoms with Gasteiger partial charge in [0.1, 0.15) is 0 Å². The number of hydrogen-bond acceptors (Lipinski definition) is 2. The number of Topliss-reactive ketones (excluding diaryl/α,β-unsaturated/α-hetero) is 1. The maximum absolute atomic E-state index is 11.4.